The normalized spacial score (nSPS) is 12.5. The molecule has 19 heavy (non-hydrogen) atoms. The van der Waals surface area contributed by atoms with Crippen molar-refractivity contribution in [3.05, 3.63) is 45.8 Å². The first kappa shape index (κ1) is 13.9. The van der Waals surface area contributed by atoms with Gasteiger partial charge in [0, 0.05) is 16.6 Å². The van der Waals surface area contributed by atoms with Crippen LogP contribution in [0, 0.1) is 13.8 Å². The molecule has 0 bridgehead atoms. The van der Waals surface area contributed by atoms with E-state index in [1.165, 1.54) is 0 Å². The third-order valence-electron chi connectivity index (χ3n) is 3.02. The van der Waals surface area contributed by atoms with Crippen molar-refractivity contribution in [1.29, 1.82) is 0 Å². The van der Waals surface area contributed by atoms with E-state index in [2.05, 4.69) is 5.16 Å². The fourth-order valence-corrected chi connectivity index (χ4v) is 2.05. The zero-order valence-corrected chi connectivity index (χ0v) is 12.0. The SMILES string of the molecule is Cc1noc(C)c1COc1ccc(Cl)cc1C(C)N. The molecule has 4 nitrogen and oxygen atoms in total. The Kier molecular flexibility index (Phi) is 4.12. The first-order valence-corrected chi connectivity index (χ1v) is 6.46. The summed E-state index contributed by atoms with van der Waals surface area (Å²) >= 11 is 5.97. The number of hydrogen-bond acceptors (Lipinski definition) is 4. The third-order valence-corrected chi connectivity index (χ3v) is 3.25. The lowest BCUT2D eigenvalue weighted by Gasteiger charge is -2.14. The van der Waals surface area contributed by atoms with Gasteiger partial charge in [-0.1, -0.05) is 16.8 Å². The van der Waals surface area contributed by atoms with E-state index in [9.17, 15) is 0 Å². The van der Waals surface area contributed by atoms with Crippen molar-refractivity contribution in [2.75, 3.05) is 0 Å². The molecule has 0 saturated heterocycles. The first-order chi connectivity index (χ1) is 8.99. The molecule has 1 aromatic carbocycles. The summed E-state index contributed by atoms with van der Waals surface area (Å²) in [5, 5.41) is 4.55. The van der Waals surface area contributed by atoms with Crippen molar-refractivity contribution < 1.29 is 9.26 Å². The monoisotopic (exact) mass is 280 g/mol. The number of hydrogen-bond donors (Lipinski definition) is 1. The number of aryl methyl sites for hydroxylation is 2. The number of aromatic nitrogens is 1. The highest BCUT2D eigenvalue weighted by Gasteiger charge is 2.13. The predicted molar refractivity (Wildman–Crippen MR) is 74.4 cm³/mol. The van der Waals surface area contributed by atoms with Gasteiger partial charge in [0.15, 0.2) is 0 Å². The van der Waals surface area contributed by atoms with E-state index < -0.39 is 0 Å². The molecule has 0 radical (unpaired) electrons. The highest BCUT2D eigenvalue weighted by molar-refractivity contribution is 6.30. The van der Waals surface area contributed by atoms with Crippen molar-refractivity contribution >= 4 is 11.6 Å². The summed E-state index contributed by atoms with van der Waals surface area (Å²) in [7, 11) is 0. The Morgan fingerprint density at radius 3 is 2.74 bits per heavy atom. The van der Waals surface area contributed by atoms with Crippen molar-refractivity contribution in [3.63, 3.8) is 0 Å². The van der Waals surface area contributed by atoms with Crippen LogP contribution in [0.5, 0.6) is 5.75 Å². The molecule has 2 rings (SSSR count). The maximum Gasteiger partial charge on any atom is 0.140 e. The second-order valence-corrected chi connectivity index (χ2v) is 5.00. The van der Waals surface area contributed by atoms with Crippen molar-refractivity contribution in [3.8, 4) is 5.75 Å². The zero-order chi connectivity index (χ0) is 14.0. The molecule has 0 saturated carbocycles. The highest BCUT2D eigenvalue weighted by Crippen LogP contribution is 2.28. The van der Waals surface area contributed by atoms with Gasteiger partial charge in [0.1, 0.15) is 18.1 Å². The molecular weight excluding hydrogens is 264 g/mol. The summed E-state index contributed by atoms with van der Waals surface area (Å²) in [4.78, 5) is 0. The van der Waals surface area contributed by atoms with Crippen LogP contribution in [0.4, 0.5) is 0 Å². The maximum absolute atomic E-state index is 5.97. The Bertz CT molecular complexity index is 559. The molecular formula is C14H17ClN2O2. The van der Waals surface area contributed by atoms with Gasteiger partial charge >= 0.3 is 0 Å². The Labute approximate surface area is 117 Å². The molecule has 0 fully saturated rings. The van der Waals surface area contributed by atoms with Gasteiger partial charge < -0.3 is 15.0 Å². The summed E-state index contributed by atoms with van der Waals surface area (Å²) < 4.78 is 10.9. The average molecular weight is 281 g/mol. The Morgan fingerprint density at radius 2 is 2.16 bits per heavy atom. The number of nitrogens with two attached hydrogens (primary N) is 1. The van der Waals surface area contributed by atoms with Crippen LogP contribution in [-0.2, 0) is 6.61 Å². The van der Waals surface area contributed by atoms with Gasteiger partial charge in [-0.3, -0.25) is 0 Å². The lowest BCUT2D eigenvalue weighted by molar-refractivity contribution is 0.297. The number of nitrogens with zero attached hydrogens (tertiary/aromatic N) is 1. The fraction of sp³-hybridized carbons (Fsp3) is 0.357. The van der Waals surface area contributed by atoms with Gasteiger partial charge in [-0.15, -0.1) is 0 Å². The van der Waals surface area contributed by atoms with Gasteiger partial charge in [-0.25, -0.2) is 0 Å². The number of rotatable bonds is 4. The molecule has 1 atom stereocenters. The zero-order valence-electron chi connectivity index (χ0n) is 11.2. The predicted octanol–water partition coefficient (Wildman–Crippen LogP) is 3.54. The van der Waals surface area contributed by atoms with Crippen molar-refractivity contribution in [2.24, 2.45) is 5.73 Å². The molecule has 2 N–H and O–H groups in total. The van der Waals surface area contributed by atoms with E-state index in [0.29, 0.717) is 11.6 Å². The van der Waals surface area contributed by atoms with Crippen LogP contribution >= 0.6 is 11.6 Å². The van der Waals surface area contributed by atoms with E-state index in [1.807, 2.05) is 32.9 Å². The molecule has 0 aliphatic heterocycles. The first-order valence-electron chi connectivity index (χ1n) is 6.08. The Morgan fingerprint density at radius 1 is 1.42 bits per heavy atom. The third kappa shape index (κ3) is 3.08. The van der Waals surface area contributed by atoms with Crippen molar-refractivity contribution in [2.45, 2.75) is 33.4 Å². The van der Waals surface area contributed by atoms with E-state index in [0.717, 1.165) is 28.3 Å². The van der Waals surface area contributed by atoms with Crippen LogP contribution in [0.25, 0.3) is 0 Å². The van der Waals surface area contributed by atoms with E-state index in [4.69, 9.17) is 26.6 Å². The largest absolute Gasteiger partial charge is 0.488 e. The molecule has 1 unspecified atom stereocenters. The molecule has 0 aliphatic rings. The molecule has 0 aliphatic carbocycles. The fourth-order valence-electron chi connectivity index (χ4n) is 1.86. The minimum atomic E-state index is -0.140. The number of ether oxygens (including phenoxy) is 1. The van der Waals surface area contributed by atoms with Gasteiger partial charge in [0.2, 0.25) is 0 Å². The van der Waals surface area contributed by atoms with Gasteiger partial charge in [-0.2, -0.15) is 0 Å². The van der Waals surface area contributed by atoms with Crippen LogP contribution in [0.2, 0.25) is 5.02 Å². The molecule has 0 spiro atoms. The Balaban J connectivity index is 2.20. The molecule has 5 heteroatoms. The minimum Gasteiger partial charge on any atom is -0.488 e. The van der Waals surface area contributed by atoms with Gasteiger partial charge in [-0.05, 0) is 39.0 Å². The van der Waals surface area contributed by atoms with Crippen LogP contribution in [-0.4, -0.2) is 5.16 Å². The van der Waals surface area contributed by atoms with E-state index in [1.54, 1.807) is 6.07 Å². The second kappa shape index (κ2) is 5.63. The lowest BCUT2D eigenvalue weighted by atomic mass is 10.1. The highest BCUT2D eigenvalue weighted by atomic mass is 35.5. The molecule has 0 amide bonds. The minimum absolute atomic E-state index is 0.140. The summed E-state index contributed by atoms with van der Waals surface area (Å²) in [5.74, 6) is 1.51. The van der Waals surface area contributed by atoms with Gasteiger partial charge in [0.05, 0.1) is 11.3 Å². The van der Waals surface area contributed by atoms with Crippen molar-refractivity contribution in [1.82, 2.24) is 5.16 Å². The number of halogens is 1. The molecule has 102 valence electrons. The smallest absolute Gasteiger partial charge is 0.140 e. The standard InChI is InChI=1S/C14H17ClN2O2/c1-8(16)12-6-11(15)4-5-14(12)18-7-13-9(2)17-19-10(13)3/h4-6,8H,7,16H2,1-3H3. The van der Waals surface area contributed by atoms with Crippen LogP contribution in [0.1, 0.15) is 35.5 Å². The summed E-state index contributed by atoms with van der Waals surface area (Å²) in [6.45, 7) is 6.06. The maximum atomic E-state index is 5.97. The molecule has 2 aromatic rings. The van der Waals surface area contributed by atoms with E-state index in [-0.39, 0.29) is 6.04 Å². The van der Waals surface area contributed by atoms with Crippen LogP contribution in [0.3, 0.4) is 0 Å². The summed E-state index contributed by atoms with van der Waals surface area (Å²) in [6.07, 6.45) is 0. The molecule has 1 heterocycles. The van der Waals surface area contributed by atoms with Gasteiger partial charge in [0.25, 0.3) is 0 Å². The molecule has 1 aromatic heterocycles. The van der Waals surface area contributed by atoms with Crippen LogP contribution in [0.15, 0.2) is 22.7 Å². The topological polar surface area (TPSA) is 61.3 Å². The summed E-state index contributed by atoms with van der Waals surface area (Å²) in [5.41, 5.74) is 8.62. The average Bonchev–Trinajstić information content (AvgIpc) is 2.68. The second-order valence-electron chi connectivity index (χ2n) is 4.56. The number of benzene rings is 1. The van der Waals surface area contributed by atoms with E-state index >= 15 is 0 Å². The lowest BCUT2D eigenvalue weighted by Crippen LogP contribution is -2.08. The Hall–Kier alpha value is -1.52. The van der Waals surface area contributed by atoms with Crippen LogP contribution < -0.4 is 10.5 Å². The summed E-state index contributed by atoms with van der Waals surface area (Å²) in [6, 6.07) is 5.31. The quantitative estimate of drug-likeness (QED) is 0.930.